The number of carboxylic acids is 1. The molecule has 1 saturated heterocycles. The first-order valence-electron chi connectivity index (χ1n) is 8.66. The van der Waals surface area contributed by atoms with Gasteiger partial charge in [0.25, 0.3) is 0 Å². The molecule has 1 aliphatic heterocycles. The number of carboxylic acid groups (broad SMARTS) is 1. The van der Waals surface area contributed by atoms with Crippen molar-refractivity contribution in [2.45, 2.75) is 6.42 Å². The van der Waals surface area contributed by atoms with Crippen molar-refractivity contribution in [3.05, 3.63) is 53.6 Å². The van der Waals surface area contributed by atoms with Gasteiger partial charge in [-0.2, -0.15) is 0 Å². The molecule has 0 radical (unpaired) electrons. The molecule has 3 N–H and O–H groups in total. The van der Waals surface area contributed by atoms with Gasteiger partial charge in [-0.05, 0) is 30.3 Å². The van der Waals surface area contributed by atoms with Crippen LogP contribution in [0, 0.1) is 5.92 Å². The molecule has 1 aliphatic rings. The molecule has 2 amide bonds. The van der Waals surface area contributed by atoms with Crippen LogP contribution in [0.2, 0.25) is 0 Å². The van der Waals surface area contributed by atoms with Crippen molar-refractivity contribution >= 4 is 35.1 Å². The smallest absolute Gasteiger partial charge is 0.339 e. The Bertz CT molecular complexity index is 1000. The molecule has 1 atom stereocenters. The maximum Gasteiger partial charge on any atom is 0.339 e. The summed E-state index contributed by atoms with van der Waals surface area (Å²) in [6, 6.07) is 9.92. The quantitative estimate of drug-likeness (QED) is 0.517. The highest BCUT2D eigenvalue weighted by Crippen LogP contribution is 2.30. The fourth-order valence-electron chi connectivity index (χ4n) is 3.11. The third-order valence-corrected chi connectivity index (χ3v) is 4.60. The topological polar surface area (TPSA) is 133 Å². The molecule has 3 rings (SSSR count). The lowest BCUT2D eigenvalue weighted by atomic mass is 10.1. The van der Waals surface area contributed by atoms with Crippen LogP contribution in [0.25, 0.3) is 0 Å². The van der Waals surface area contributed by atoms with Crippen molar-refractivity contribution < 1.29 is 34.1 Å². The highest BCUT2D eigenvalue weighted by molar-refractivity contribution is 6.07. The zero-order valence-corrected chi connectivity index (χ0v) is 15.4. The fourth-order valence-corrected chi connectivity index (χ4v) is 3.11. The minimum Gasteiger partial charge on any atom is -0.506 e. The van der Waals surface area contributed by atoms with Crippen LogP contribution in [0.15, 0.2) is 42.5 Å². The highest BCUT2D eigenvalue weighted by atomic mass is 16.5. The van der Waals surface area contributed by atoms with E-state index in [2.05, 4.69) is 5.32 Å². The van der Waals surface area contributed by atoms with Gasteiger partial charge in [0.15, 0.2) is 0 Å². The number of esters is 1. The van der Waals surface area contributed by atoms with Gasteiger partial charge in [-0.15, -0.1) is 0 Å². The third kappa shape index (κ3) is 4.03. The molecule has 9 nitrogen and oxygen atoms in total. The second-order valence-electron chi connectivity index (χ2n) is 6.44. The number of hydrogen-bond donors (Lipinski definition) is 3. The Kier molecular flexibility index (Phi) is 5.49. The Morgan fingerprint density at radius 1 is 1.17 bits per heavy atom. The average molecular weight is 398 g/mol. The van der Waals surface area contributed by atoms with Gasteiger partial charge < -0.3 is 25.2 Å². The van der Waals surface area contributed by atoms with Crippen LogP contribution in [-0.2, 0) is 14.3 Å². The number of methoxy groups -OCH3 is 1. The standard InChI is InChI=1S/C20H18N2O7/c1-29-20(28)13-4-2-3-5-15(13)22-10-12(9-17(22)24)18(25)21-14-8-11(19(26)27)6-7-16(14)23/h2-8,12,23H,9-10H2,1H3,(H,21,25)(H,26,27). The van der Waals surface area contributed by atoms with E-state index in [4.69, 9.17) is 9.84 Å². The largest absolute Gasteiger partial charge is 0.506 e. The van der Waals surface area contributed by atoms with Crippen molar-refractivity contribution in [1.82, 2.24) is 0 Å². The molecule has 29 heavy (non-hydrogen) atoms. The molecular formula is C20H18N2O7. The number of aromatic carboxylic acids is 1. The summed E-state index contributed by atoms with van der Waals surface area (Å²) in [6.45, 7) is 0.0259. The Morgan fingerprint density at radius 3 is 2.59 bits per heavy atom. The number of benzene rings is 2. The van der Waals surface area contributed by atoms with E-state index >= 15 is 0 Å². The van der Waals surface area contributed by atoms with E-state index in [0.29, 0.717) is 5.69 Å². The van der Waals surface area contributed by atoms with Gasteiger partial charge in [-0.25, -0.2) is 9.59 Å². The summed E-state index contributed by atoms with van der Waals surface area (Å²) in [5, 5.41) is 21.4. The van der Waals surface area contributed by atoms with Crippen LogP contribution < -0.4 is 10.2 Å². The SMILES string of the molecule is COC(=O)c1ccccc1N1CC(C(=O)Nc2cc(C(=O)O)ccc2O)CC1=O. The number of nitrogens with zero attached hydrogens (tertiary/aromatic N) is 1. The monoisotopic (exact) mass is 398 g/mol. The number of aromatic hydroxyl groups is 1. The molecule has 0 bridgehead atoms. The molecule has 0 saturated carbocycles. The summed E-state index contributed by atoms with van der Waals surface area (Å²) in [5.74, 6) is -3.74. The summed E-state index contributed by atoms with van der Waals surface area (Å²) in [6.07, 6.45) is -0.0965. The third-order valence-electron chi connectivity index (χ3n) is 4.60. The Morgan fingerprint density at radius 2 is 1.90 bits per heavy atom. The predicted molar refractivity (Wildman–Crippen MR) is 102 cm³/mol. The lowest BCUT2D eigenvalue weighted by molar-refractivity contribution is -0.122. The summed E-state index contributed by atoms with van der Waals surface area (Å²) in [5.41, 5.74) is 0.386. The summed E-state index contributed by atoms with van der Waals surface area (Å²) in [7, 11) is 1.24. The predicted octanol–water partition coefficient (Wildman–Crippen LogP) is 1.87. The fraction of sp³-hybridized carbons (Fsp3) is 0.200. The van der Waals surface area contributed by atoms with E-state index in [1.54, 1.807) is 18.2 Å². The highest BCUT2D eigenvalue weighted by Gasteiger charge is 2.37. The molecule has 9 heteroatoms. The first-order chi connectivity index (χ1) is 13.8. The van der Waals surface area contributed by atoms with E-state index in [9.17, 15) is 24.3 Å². The van der Waals surface area contributed by atoms with E-state index in [1.807, 2.05) is 0 Å². The van der Waals surface area contributed by atoms with Gasteiger partial charge >= 0.3 is 11.9 Å². The van der Waals surface area contributed by atoms with E-state index in [-0.39, 0.29) is 41.4 Å². The molecule has 2 aromatic rings. The number of carbonyl (C=O) groups is 4. The number of phenols is 1. The van der Waals surface area contributed by atoms with Gasteiger partial charge in [-0.3, -0.25) is 9.59 Å². The number of carbonyl (C=O) groups excluding carboxylic acids is 3. The number of nitrogens with one attached hydrogen (secondary N) is 1. The average Bonchev–Trinajstić information content (AvgIpc) is 3.10. The molecule has 0 aromatic heterocycles. The number of amides is 2. The number of para-hydroxylation sites is 1. The van der Waals surface area contributed by atoms with Crippen LogP contribution in [-0.4, -0.2) is 47.6 Å². The number of hydrogen-bond acceptors (Lipinski definition) is 6. The van der Waals surface area contributed by atoms with Crippen molar-refractivity contribution in [2.75, 3.05) is 23.9 Å². The number of anilines is 2. The van der Waals surface area contributed by atoms with Gasteiger partial charge in [-0.1, -0.05) is 12.1 Å². The number of phenolic OH excluding ortho intramolecular Hbond substituents is 1. The van der Waals surface area contributed by atoms with Gasteiger partial charge in [0, 0.05) is 13.0 Å². The van der Waals surface area contributed by atoms with Crippen molar-refractivity contribution in [3.8, 4) is 5.75 Å². The number of ether oxygens (including phenoxy) is 1. The Balaban J connectivity index is 1.79. The zero-order valence-electron chi connectivity index (χ0n) is 15.4. The summed E-state index contributed by atoms with van der Waals surface area (Å²) in [4.78, 5) is 49.5. The lowest BCUT2D eigenvalue weighted by Crippen LogP contribution is -2.29. The second-order valence-corrected chi connectivity index (χ2v) is 6.44. The molecule has 1 unspecified atom stereocenters. The van der Waals surface area contributed by atoms with Gasteiger partial charge in [0.2, 0.25) is 11.8 Å². The molecular weight excluding hydrogens is 380 g/mol. The van der Waals surface area contributed by atoms with Crippen LogP contribution >= 0.6 is 0 Å². The first-order valence-corrected chi connectivity index (χ1v) is 8.66. The molecule has 0 spiro atoms. The van der Waals surface area contributed by atoms with Crippen molar-refractivity contribution in [1.29, 1.82) is 0 Å². The molecule has 1 heterocycles. The maximum atomic E-state index is 12.6. The molecule has 150 valence electrons. The maximum absolute atomic E-state index is 12.6. The lowest BCUT2D eigenvalue weighted by Gasteiger charge is -2.19. The van der Waals surface area contributed by atoms with Crippen molar-refractivity contribution in [2.24, 2.45) is 5.92 Å². The normalized spacial score (nSPS) is 15.8. The second kappa shape index (κ2) is 8.01. The van der Waals surface area contributed by atoms with E-state index in [0.717, 1.165) is 12.1 Å². The summed E-state index contributed by atoms with van der Waals surface area (Å²) >= 11 is 0. The minimum atomic E-state index is -1.21. The zero-order chi connectivity index (χ0) is 21.1. The van der Waals surface area contributed by atoms with Crippen LogP contribution in [0.3, 0.4) is 0 Å². The minimum absolute atomic E-state index is 0.0259. The van der Waals surface area contributed by atoms with Gasteiger partial charge in [0.1, 0.15) is 5.75 Å². The molecule has 0 aliphatic carbocycles. The van der Waals surface area contributed by atoms with Crippen molar-refractivity contribution in [3.63, 3.8) is 0 Å². The molecule has 1 fully saturated rings. The Hall–Kier alpha value is -3.88. The van der Waals surface area contributed by atoms with E-state index < -0.39 is 23.8 Å². The molecule has 2 aromatic carbocycles. The Labute approximate surface area is 165 Å². The van der Waals surface area contributed by atoms with E-state index in [1.165, 1.54) is 24.1 Å². The van der Waals surface area contributed by atoms with Crippen LogP contribution in [0.5, 0.6) is 5.75 Å². The number of rotatable bonds is 5. The van der Waals surface area contributed by atoms with Crippen LogP contribution in [0.1, 0.15) is 27.1 Å². The first kappa shape index (κ1) is 19.9. The van der Waals surface area contributed by atoms with Gasteiger partial charge in [0.05, 0.1) is 35.5 Å². The summed E-state index contributed by atoms with van der Waals surface area (Å²) < 4.78 is 4.74. The van der Waals surface area contributed by atoms with Crippen LogP contribution in [0.4, 0.5) is 11.4 Å².